The molecule has 3 saturated heterocycles. The summed E-state index contributed by atoms with van der Waals surface area (Å²) >= 11 is 12.9. The van der Waals surface area contributed by atoms with Gasteiger partial charge in [0.25, 0.3) is 0 Å². The molecule has 0 saturated carbocycles. The molecular formula is C38H47Cl2N2O4+. The van der Waals surface area contributed by atoms with Gasteiger partial charge in [-0.25, -0.2) is 0 Å². The zero-order valence-electron chi connectivity index (χ0n) is 27.4. The normalized spacial score (nSPS) is 21.2. The second-order valence-electron chi connectivity index (χ2n) is 13.5. The Bertz CT molecular complexity index is 1470. The van der Waals surface area contributed by atoms with Crippen LogP contribution >= 0.6 is 23.2 Å². The van der Waals surface area contributed by atoms with E-state index >= 15 is 0 Å². The summed E-state index contributed by atoms with van der Waals surface area (Å²) in [4.78, 5) is 27.4. The zero-order chi connectivity index (χ0) is 32.7. The van der Waals surface area contributed by atoms with Gasteiger partial charge in [0, 0.05) is 50.5 Å². The topological polar surface area (TPSA) is 55.8 Å². The molecule has 1 unspecified atom stereocenters. The maximum atomic E-state index is 13.9. The van der Waals surface area contributed by atoms with Gasteiger partial charge in [0.15, 0.2) is 0 Å². The summed E-state index contributed by atoms with van der Waals surface area (Å²) in [7, 11) is 0. The Hall–Kier alpha value is -3.06. The van der Waals surface area contributed by atoms with Crippen LogP contribution in [0.15, 0.2) is 72.8 Å². The minimum Gasteiger partial charge on any atom is -0.491 e. The van der Waals surface area contributed by atoms with Crippen molar-refractivity contribution < 1.29 is 23.5 Å². The van der Waals surface area contributed by atoms with Gasteiger partial charge in [0.2, 0.25) is 5.91 Å². The van der Waals surface area contributed by atoms with E-state index in [9.17, 15) is 9.59 Å². The monoisotopic (exact) mass is 665 g/mol. The SMILES string of the molecule is CC(=O)OCCN(CC(CC[N+]12CCC(c3ccccc3)(CC1)CC2)c1ccc(Cl)c(Cl)c1)C(=O)Cc1cccc(OC(C)C)c1. The van der Waals surface area contributed by atoms with Crippen LogP contribution in [0.25, 0.3) is 0 Å². The number of quaternary nitrogens is 1. The summed E-state index contributed by atoms with van der Waals surface area (Å²) in [6.45, 7) is 10.9. The van der Waals surface area contributed by atoms with Crippen molar-refractivity contribution in [1.82, 2.24) is 4.90 Å². The number of rotatable bonds is 14. The first-order chi connectivity index (χ1) is 22.1. The number of hydrogen-bond donors (Lipinski definition) is 0. The lowest BCUT2D eigenvalue weighted by Crippen LogP contribution is -2.63. The highest BCUT2D eigenvalue weighted by atomic mass is 35.5. The van der Waals surface area contributed by atoms with E-state index in [0.717, 1.165) is 34.3 Å². The molecule has 0 aromatic heterocycles. The minimum atomic E-state index is -0.357. The molecule has 0 aliphatic carbocycles. The summed E-state index contributed by atoms with van der Waals surface area (Å²) in [5, 5.41) is 1.03. The number of carbonyl (C=O) groups excluding carboxylic acids is 2. The predicted molar refractivity (Wildman–Crippen MR) is 185 cm³/mol. The number of hydrogen-bond acceptors (Lipinski definition) is 4. The van der Waals surface area contributed by atoms with Crippen molar-refractivity contribution in [2.24, 2.45) is 0 Å². The van der Waals surface area contributed by atoms with Crippen molar-refractivity contribution in [1.29, 1.82) is 0 Å². The van der Waals surface area contributed by atoms with E-state index in [1.807, 2.05) is 61.2 Å². The molecule has 1 amide bonds. The standard InChI is InChI=1S/C38H47Cl2N2O4/c1-28(2)46-34-11-7-8-30(24-34)25-37(44)41(18-23-45-29(3)43)27-32(31-12-13-35(39)36(40)26-31)14-19-42-20-15-38(16-21-42,17-22-42)33-9-5-4-6-10-33/h4-13,24,26,28,32H,14-23,25,27H2,1-3H3/q+1. The van der Waals surface area contributed by atoms with Crippen molar-refractivity contribution in [3.05, 3.63) is 99.5 Å². The van der Waals surface area contributed by atoms with Gasteiger partial charge < -0.3 is 18.9 Å². The van der Waals surface area contributed by atoms with E-state index in [4.69, 9.17) is 32.7 Å². The molecule has 3 fully saturated rings. The van der Waals surface area contributed by atoms with E-state index in [2.05, 4.69) is 30.3 Å². The Balaban J connectivity index is 1.33. The number of esters is 1. The van der Waals surface area contributed by atoms with Crippen molar-refractivity contribution in [2.45, 2.75) is 70.3 Å². The van der Waals surface area contributed by atoms with Gasteiger partial charge in [-0.2, -0.15) is 0 Å². The lowest BCUT2D eigenvalue weighted by molar-refractivity contribution is -0.943. The first-order valence-corrected chi connectivity index (χ1v) is 17.3. The van der Waals surface area contributed by atoms with Crippen LogP contribution in [0.4, 0.5) is 0 Å². The number of halogens is 2. The first kappa shape index (κ1) is 34.3. The van der Waals surface area contributed by atoms with Crippen molar-refractivity contribution in [2.75, 3.05) is 45.9 Å². The highest BCUT2D eigenvalue weighted by Gasteiger charge is 2.49. The number of benzene rings is 3. The van der Waals surface area contributed by atoms with Crippen LogP contribution in [-0.2, 0) is 26.2 Å². The van der Waals surface area contributed by atoms with Gasteiger partial charge in [-0.15, -0.1) is 0 Å². The molecular weight excluding hydrogens is 619 g/mol. The quantitative estimate of drug-likeness (QED) is 0.130. The van der Waals surface area contributed by atoms with Gasteiger partial charge in [0.1, 0.15) is 12.4 Å². The molecule has 246 valence electrons. The van der Waals surface area contributed by atoms with Gasteiger partial charge >= 0.3 is 5.97 Å². The smallest absolute Gasteiger partial charge is 0.302 e. The third-order valence-electron chi connectivity index (χ3n) is 10.0. The Morgan fingerprint density at radius 2 is 1.63 bits per heavy atom. The fourth-order valence-corrected chi connectivity index (χ4v) is 7.66. The van der Waals surface area contributed by atoms with E-state index < -0.39 is 0 Å². The van der Waals surface area contributed by atoms with Gasteiger partial charge in [0.05, 0.1) is 55.3 Å². The highest BCUT2D eigenvalue weighted by molar-refractivity contribution is 6.42. The molecule has 6 nitrogen and oxygen atoms in total. The summed E-state index contributed by atoms with van der Waals surface area (Å²) in [5.41, 5.74) is 3.75. The molecule has 8 heteroatoms. The minimum absolute atomic E-state index is 0.0189. The van der Waals surface area contributed by atoms with E-state index in [1.165, 1.54) is 51.4 Å². The van der Waals surface area contributed by atoms with Gasteiger partial charge in [-0.1, -0.05) is 71.7 Å². The lowest BCUT2D eigenvalue weighted by Gasteiger charge is -2.55. The van der Waals surface area contributed by atoms with E-state index in [0.29, 0.717) is 28.5 Å². The number of piperidine rings is 3. The van der Waals surface area contributed by atoms with Crippen LogP contribution in [-0.4, -0.2) is 73.2 Å². The Labute approximate surface area is 284 Å². The molecule has 2 bridgehead atoms. The second kappa shape index (κ2) is 15.2. The molecule has 46 heavy (non-hydrogen) atoms. The third-order valence-corrected chi connectivity index (χ3v) is 10.8. The van der Waals surface area contributed by atoms with Crippen LogP contribution in [0.2, 0.25) is 10.0 Å². The van der Waals surface area contributed by atoms with Gasteiger partial charge in [-0.05, 0) is 54.8 Å². The lowest BCUT2D eigenvalue weighted by atomic mass is 9.66. The van der Waals surface area contributed by atoms with Crippen LogP contribution < -0.4 is 4.74 Å². The molecule has 0 N–H and O–H groups in total. The van der Waals surface area contributed by atoms with Crippen LogP contribution in [0.1, 0.15) is 69.1 Å². The second-order valence-corrected chi connectivity index (χ2v) is 14.3. The molecule has 3 aromatic carbocycles. The molecule has 1 atom stereocenters. The van der Waals surface area contributed by atoms with E-state index in [-0.39, 0.29) is 36.9 Å². The molecule has 0 spiro atoms. The molecule has 3 aromatic rings. The molecule has 3 aliphatic rings. The largest absolute Gasteiger partial charge is 0.491 e. The summed E-state index contributed by atoms with van der Waals surface area (Å²) in [6.07, 6.45) is 4.80. The average Bonchev–Trinajstić information content (AvgIpc) is 3.04. The summed E-state index contributed by atoms with van der Waals surface area (Å²) < 4.78 is 12.3. The number of ether oxygens (including phenoxy) is 2. The highest BCUT2D eigenvalue weighted by Crippen LogP contribution is 2.46. The maximum absolute atomic E-state index is 13.9. The molecule has 3 heterocycles. The maximum Gasteiger partial charge on any atom is 0.302 e. The molecule has 0 radical (unpaired) electrons. The average molecular weight is 667 g/mol. The fraction of sp³-hybridized carbons (Fsp3) is 0.474. The van der Waals surface area contributed by atoms with Gasteiger partial charge in [-0.3, -0.25) is 9.59 Å². The molecule has 3 aliphatic heterocycles. The number of amides is 1. The van der Waals surface area contributed by atoms with Crippen molar-refractivity contribution >= 4 is 35.1 Å². The van der Waals surface area contributed by atoms with Crippen LogP contribution in [0, 0.1) is 0 Å². The summed E-state index contributed by atoms with van der Waals surface area (Å²) in [5.74, 6) is 0.412. The van der Waals surface area contributed by atoms with Crippen LogP contribution in [0.3, 0.4) is 0 Å². The zero-order valence-corrected chi connectivity index (χ0v) is 28.9. The fourth-order valence-electron chi connectivity index (χ4n) is 7.35. The first-order valence-electron chi connectivity index (χ1n) is 16.6. The number of nitrogens with zero attached hydrogens (tertiary/aromatic N) is 2. The third kappa shape index (κ3) is 8.64. The number of fused-ring (bicyclic) bond motifs is 3. The Morgan fingerprint density at radius 1 is 0.913 bits per heavy atom. The molecule has 6 rings (SSSR count). The Kier molecular flexibility index (Phi) is 11.3. The van der Waals surface area contributed by atoms with Crippen molar-refractivity contribution in [3.63, 3.8) is 0 Å². The number of carbonyl (C=O) groups is 2. The van der Waals surface area contributed by atoms with Crippen LogP contribution in [0.5, 0.6) is 5.75 Å². The predicted octanol–water partition coefficient (Wildman–Crippen LogP) is 7.84. The summed E-state index contributed by atoms with van der Waals surface area (Å²) in [6, 6.07) is 24.6. The van der Waals surface area contributed by atoms with E-state index in [1.54, 1.807) is 0 Å². The Morgan fingerprint density at radius 3 is 2.28 bits per heavy atom. The van der Waals surface area contributed by atoms with Crippen molar-refractivity contribution in [3.8, 4) is 5.75 Å².